The smallest absolute Gasteiger partial charge is 0.254 e. The summed E-state index contributed by atoms with van der Waals surface area (Å²) in [7, 11) is 0. The molecule has 2 aliphatic heterocycles. The van der Waals surface area contributed by atoms with Crippen LogP contribution in [0.25, 0.3) is 0 Å². The van der Waals surface area contributed by atoms with Gasteiger partial charge in [-0.15, -0.1) is 0 Å². The Bertz CT molecular complexity index is 627. The molecule has 24 heavy (non-hydrogen) atoms. The van der Waals surface area contributed by atoms with E-state index in [-0.39, 0.29) is 17.9 Å². The van der Waals surface area contributed by atoms with Crippen molar-refractivity contribution in [1.82, 2.24) is 9.80 Å². The van der Waals surface area contributed by atoms with Gasteiger partial charge in [0.25, 0.3) is 5.91 Å². The summed E-state index contributed by atoms with van der Waals surface area (Å²) in [6.45, 7) is 2.23. The monoisotopic (exact) mass is 368 g/mol. The van der Waals surface area contributed by atoms with E-state index in [1.54, 1.807) is 23.1 Å². The number of amides is 2. The molecule has 3 rings (SSSR count). The molecule has 1 aromatic rings. The van der Waals surface area contributed by atoms with Crippen molar-refractivity contribution in [3.8, 4) is 0 Å². The molecule has 1 aromatic carbocycles. The first-order valence-electron chi connectivity index (χ1n) is 8.63. The Morgan fingerprint density at radius 3 is 2.29 bits per heavy atom. The lowest BCUT2D eigenvalue weighted by Crippen LogP contribution is -2.48. The SMILES string of the molecule is O=C([C@H]1CCCN1C(=O)c1ccc(Cl)c(Cl)c1)N1CCCCCC1. The summed E-state index contributed by atoms with van der Waals surface area (Å²) < 4.78 is 0. The van der Waals surface area contributed by atoms with Gasteiger partial charge < -0.3 is 9.80 Å². The van der Waals surface area contributed by atoms with Gasteiger partial charge in [0.05, 0.1) is 10.0 Å². The summed E-state index contributed by atoms with van der Waals surface area (Å²) in [5, 5.41) is 0.781. The number of likely N-dealkylation sites (tertiary alicyclic amines) is 2. The third-order valence-electron chi connectivity index (χ3n) is 4.88. The third kappa shape index (κ3) is 3.70. The van der Waals surface area contributed by atoms with Crippen molar-refractivity contribution in [2.24, 2.45) is 0 Å². The van der Waals surface area contributed by atoms with Gasteiger partial charge in [-0.25, -0.2) is 0 Å². The van der Waals surface area contributed by atoms with Gasteiger partial charge in [0, 0.05) is 25.2 Å². The van der Waals surface area contributed by atoms with Crippen LogP contribution in [0.2, 0.25) is 10.0 Å². The van der Waals surface area contributed by atoms with Gasteiger partial charge in [0.15, 0.2) is 0 Å². The van der Waals surface area contributed by atoms with Gasteiger partial charge in [-0.05, 0) is 43.9 Å². The summed E-state index contributed by atoms with van der Waals surface area (Å²) in [6.07, 6.45) is 6.07. The summed E-state index contributed by atoms with van der Waals surface area (Å²) in [5.41, 5.74) is 0.486. The second-order valence-electron chi connectivity index (χ2n) is 6.52. The van der Waals surface area contributed by atoms with Crippen LogP contribution >= 0.6 is 23.2 Å². The molecule has 130 valence electrons. The van der Waals surface area contributed by atoms with E-state index in [4.69, 9.17) is 23.2 Å². The number of halogens is 2. The average molecular weight is 369 g/mol. The first kappa shape index (κ1) is 17.6. The number of carbonyl (C=O) groups is 2. The van der Waals surface area contributed by atoms with E-state index in [9.17, 15) is 9.59 Å². The van der Waals surface area contributed by atoms with E-state index >= 15 is 0 Å². The van der Waals surface area contributed by atoms with E-state index in [0.29, 0.717) is 22.2 Å². The van der Waals surface area contributed by atoms with Crippen LogP contribution in [0.3, 0.4) is 0 Å². The molecule has 2 amide bonds. The molecule has 2 heterocycles. The van der Waals surface area contributed by atoms with Gasteiger partial charge in [0.1, 0.15) is 6.04 Å². The molecule has 0 aromatic heterocycles. The molecule has 0 N–H and O–H groups in total. The average Bonchev–Trinajstić information content (AvgIpc) is 2.91. The highest BCUT2D eigenvalue weighted by atomic mass is 35.5. The van der Waals surface area contributed by atoms with Crippen molar-refractivity contribution in [2.75, 3.05) is 19.6 Å². The lowest BCUT2D eigenvalue weighted by atomic mass is 10.1. The predicted octanol–water partition coefficient (Wildman–Crippen LogP) is 4.00. The van der Waals surface area contributed by atoms with Crippen LogP contribution in [-0.2, 0) is 4.79 Å². The normalized spacial score (nSPS) is 21.7. The summed E-state index contributed by atoms with van der Waals surface area (Å²) in [5.74, 6) is -0.0398. The second-order valence-corrected chi connectivity index (χ2v) is 7.34. The van der Waals surface area contributed by atoms with Crippen LogP contribution in [0.4, 0.5) is 0 Å². The first-order valence-corrected chi connectivity index (χ1v) is 9.38. The van der Waals surface area contributed by atoms with Gasteiger partial charge in [-0.3, -0.25) is 9.59 Å². The molecule has 2 aliphatic rings. The van der Waals surface area contributed by atoms with Gasteiger partial charge in [0.2, 0.25) is 5.91 Å². The van der Waals surface area contributed by atoms with Gasteiger partial charge in [-0.2, -0.15) is 0 Å². The van der Waals surface area contributed by atoms with Crippen LogP contribution < -0.4 is 0 Å². The second kappa shape index (κ2) is 7.75. The number of nitrogens with zero attached hydrogens (tertiary/aromatic N) is 2. The Labute approximate surface area is 152 Å². The molecule has 4 nitrogen and oxygen atoms in total. The maximum absolute atomic E-state index is 12.9. The number of hydrogen-bond donors (Lipinski definition) is 0. The van der Waals surface area contributed by atoms with Crippen LogP contribution in [0, 0.1) is 0 Å². The Kier molecular flexibility index (Phi) is 5.67. The molecular weight excluding hydrogens is 347 g/mol. The minimum Gasteiger partial charge on any atom is -0.341 e. The zero-order chi connectivity index (χ0) is 17.1. The molecule has 6 heteroatoms. The molecule has 0 unspecified atom stereocenters. The fraction of sp³-hybridized carbons (Fsp3) is 0.556. The van der Waals surface area contributed by atoms with Gasteiger partial charge in [-0.1, -0.05) is 36.0 Å². The van der Waals surface area contributed by atoms with Crippen molar-refractivity contribution in [1.29, 1.82) is 0 Å². The van der Waals surface area contributed by atoms with Gasteiger partial charge >= 0.3 is 0 Å². The molecule has 0 aliphatic carbocycles. The maximum atomic E-state index is 12.9. The van der Waals surface area contributed by atoms with E-state index in [1.165, 1.54) is 12.8 Å². The molecule has 1 atom stereocenters. The van der Waals surface area contributed by atoms with Crippen molar-refractivity contribution in [3.05, 3.63) is 33.8 Å². The first-order chi connectivity index (χ1) is 11.6. The molecule has 0 bridgehead atoms. The Morgan fingerprint density at radius 1 is 0.917 bits per heavy atom. The molecule has 0 radical (unpaired) electrons. The summed E-state index contributed by atoms with van der Waals surface area (Å²) in [6, 6.07) is 4.53. The third-order valence-corrected chi connectivity index (χ3v) is 5.62. The molecule has 0 saturated carbocycles. The number of carbonyl (C=O) groups excluding carboxylic acids is 2. The predicted molar refractivity (Wildman–Crippen MR) is 95.6 cm³/mol. The number of benzene rings is 1. The highest BCUT2D eigenvalue weighted by Gasteiger charge is 2.37. The maximum Gasteiger partial charge on any atom is 0.254 e. The Morgan fingerprint density at radius 2 is 1.62 bits per heavy atom. The van der Waals surface area contributed by atoms with Crippen LogP contribution in [0.1, 0.15) is 48.9 Å². The minimum atomic E-state index is -0.343. The Balaban J connectivity index is 1.75. The highest BCUT2D eigenvalue weighted by Crippen LogP contribution is 2.27. The minimum absolute atomic E-state index is 0.0998. The Hall–Kier alpha value is -1.26. The number of hydrogen-bond acceptors (Lipinski definition) is 2. The van der Waals surface area contributed by atoms with Crippen LogP contribution in [0.5, 0.6) is 0 Å². The highest BCUT2D eigenvalue weighted by molar-refractivity contribution is 6.42. The zero-order valence-corrected chi connectivity index (χ0v) is 15.2. The van der Waals surface area contributed by atoms with Crippen molar-refractivity contribution in [2.45, 2.75) is 44.6 Å². The summed E-state index contributed by atoms with van der Waals surface area (Å²) >= 11 is 11.9. The fourth-order valence-electron chi connectivity index (χ4n) is 3.56. The standard InChI is InChI=1S/C18H22Cl2N2O2/c19-14-8-7-13(12-15(14)20)17(23)22-11-5-6-16(22)18(24)21-9-3-1-2-4-10-21/h7-8,12,16H,1-6,9-11H2/t16-/m1/s1. The van der Waals surface area contributed by atoms with E-state index in [1.807, 2.05) is 4.90 Å². The topological polar surface area (TPSA) is 40.6 Å². The number of rotatable bonds is 2. The molecular formula is C18H22Cl2N2O2. The fourth-order valence-corrected chi connectivity index (χ4v) is 3.86. The van der Waals surface area contributed by atoms with Crippen molar-refractivity contribution >= 4 is 35.0 Å². The van der Waals surface area contributed by atoms with E-state index < -0.39 is 0 Å². The van der Waals surface area contributed by atoms with E-state index in [2.05, 4.69) is 0 Å². The van der Waals surface area contributed by atoms with Crippen LogP contribution in [-0.4, -0.2) is 47.3 Å². The van der Waals surface area contributed by atoms with E-state index in [0.717, 1.165) is 38.8 Å². The zero-order valence-electron chi connectivity index (χ0n) is 13.6. The quantitative estimate of drug-likeness (QED) is 0.791. The lowest BCUT2D eigenvalue weighted by Gasteiger charge is -2.29. The molecule has 0 spiro atoms. The molecule has 2 fully saturated rings. The van der Waals surface area contributed by atoms with Crippen LogP contribution in [0.15, 0.2) is 18.2 Å². The summed E-state index contributed by atoms with van der Waals surface area (Å²) in [4.78, 5) is 29.4. The molecule has 2 saturated heterocycles. The van der Waals surface area contributed by atoms with Crippen molar-refractivity contribution in [3.63, 3.8) is 0 Å². The lowest BCUT2D eigenvalue weighted by molar-refractivity contribution is -0.135. The van der Waals surface area contributed by atoms with Crippen molar-refractivity contribution < 1.29 is 9.59 Å². The largest absolute Gasteiger partial charge is 0.341 e.